The molecule has 1 saturated carbocycles. The topological polar surface area (TPSA) is 59.3 Å². The lowest BCUT2D eigenvalue weighted by atomic mass is 9.93. The number of ether oxygens (including phenoxy) is 1. The lowest BCUT2D eigenvalue weighted by Crippen LogP contribution is -2.34. The van der Waals surface area contributed by atoms with Crippen LogP contribution in [0.5, 0.6) is 11.6 Å². The summed E-state index contributed by atoms with van der Waals surface area (Å²) in [5.41, 5.74) is 2.97. The van der Waals surface area contributed by atoms with E-state index >= 15 is 0 Å². The second kappa shape index (κ2) is 9.11. The number of rotatable bonds is 6. The molecule has 0 unspecified atom stereocenters. The van der Waals surface area contributed by atoms with Gasteiger partial charge in [0.05, 0.1) is 23.0 Å². The molecule has 29 heavy (non-hydrogen) atoms. The molecule has 4 rings (SSSR count). The largest absolute Gasteiger partial charge is 0.439 e. The van der Waals surface area contributed by atoms with E-state index in [1.165, 1.54) is 0 Å². The second-order valence-corrected chi connectivity index (χ2v) is 8.47. The van der Waals surface area contributed by atoms with Gasteiger partial charge in [-0.25, -0.2) is 4.68 Å². The minimum atomic E-state index is -0.146. The summed E-state index contributed by atoms with van der Waals surface area (Å²) < 4.78 is 9.21. The number of nitrogens with one attached hydrogen (secondary N) is 1. The monoisotopic (exact) mass is 455 g/mol. The molecule has 1 fully saturated rings. The molecular weight excluding hydrogens is 430 g/mol. The van der Waals surface area contributed by atoms with Gasteiger partial charge in [-0.2, -0.15) is 5.10 Å². The standard InChI is InChI=1S/C23H26BrN3O2/c1-16-22(15-25-18-9-11-20(28)12-10-18)23(29-21-13-7-17(24)8-14-21)27(26-16)19-5-3-2-4-6-19/h2-8,13-14,18,20,25,28H,9-12,15H2,1H3. The Hall–Kier alpha value is -2.15. The Labute approximate surface area is 179 Å². The highest BCUT2D eigenvalue weighted by Gasteiger charge is 2.22. The molecule has 1 aliphatic rings. The molecule has 1 aromatic heterocycles. The zero-order valence-electron chi connectivity index (χ0n) is 16.5. The van der Waals surface area contributed by atoms with E-state index in [0.717, 1.165) is 58.7 Å². The second-order valence-electron chi connectivity index (χ2n) is 7.56. The SMILES string of the molecule is Cc1nn(-c2ccccc2)c(Oc2ccc(Br)cc2)c1CNC1CCC(O)CC1. The fraction of sp³-hybridized carbons (Fsp3) is 0.348. The van der Waals surface area contributed by atoms with Crippen LogP contribution in [-0.2, 0) is 6.54 Å². The number of halogens is 1. The maximum absolute atomic E-state index is 9.75. The number of benzene rings is 2. The van der Waals surface area contributed by atoms with Gasteiger partial charge < -0.3 is 15.2 Å². The highest BCUT2D eigenvalue weighted by atomic mass is 79.9. The van der Waals surface area contributed by atoms with E-state index in [9.17, 15) is 5.11 Å². The number of aryl methyl sites for hydroxylation is 1. The average Bonchev–Trinajstić information content (AvgIpc) is 3.05. The minimum Gasteiger partial charge on any atom is -0.439 e. The minimum absolute atomic E-state index is 0.146. The molecule has 0 bridgehead atoms. The smallest absolute Gasteiger partial charge is 0.227 e. The van der Waals surface area contributed by atoms with Crippen molar-refractivity contribution in [3.63, 3.8) is 0 Å². The van der Waals surface area contributed by atoms with Gasteiger partial charge >= 0.3 is 0 Å². The third-order valence-electron chi connectivity index (χ3n) is 5.43. The lowest BCUT2D eigenvalue weighted by Gasteiger charge is -2.26. The Morgan fingerprint density at radius 1 is 1.07 bits per heavy atom. The van der Waals surface area contributed by atoms with Crippen LogP contribution in [-0.4, -0.2) is 27.0 Å². The van der Waals surface area contributed by atoms with Crippen molar-refractivity contribution in [3.05, 3.63) is 70.3 Å². The lowest BCUT2D eigenvalue weighted by molar-refractivity contribution is 0.116. The summed E-state index contributed by atoms with van der Waals surface area (Å²) in [5.74, 6) is 1.51. The highest BCUT2D eigenvalue weighted by molar-refractivity contribution is 9.10. The van der Waals surface area contributed by atoms with E-state index in [0.29, 0.717) is 12.6 Å². The molecule has 0 spiro atoms. The van der Waals surface area contributed by atoms with Gasteiger partial charge in [0.2, 0.25) is 5.88 Å². The Bertz CT molecular complexity index is 933. The molecule has 152 valence electrons. The third kappa shape index (κ3) is 4.89. The van der Waals surface area contributed by atoms with E-state index in [4.69, 9.17) is 9.84 Å². The Morgan fingerprint density at radius 3 is 2.45 bits per heavy atom. The first-order valence-electron chi connectivity index (χ1n) is 10.1. The Balaban J connectivity index is 1.62. The number of para-hydroxylation sites is 1. The maximum Gasteiger partial charge on any atom is 0.227 e. The average molecular weight is 456 g/mol. The van der Waals surface area contributed by atoms with Crippen molar-refractivity contribution in [2.75, 3.05) is 0 Å². The summed E-state index contributed by atoms with van der Waals surface area (Å²) in [6.07, 6.45) is 3.57. The number of hydrogen-bond donors (Lipinski definition) is 2. The van der Waals surface area contributed by atoms with E-state index < -0.39 is 0 Å². The van der Waals surface area contributed by atoms with Gasteiger partial charge in [0, 0.05) is 17.1 Å². The predicted octanol–water partition coefficient (Wildman–Crippen LogP) is 5.13. The summed E-state index contributed by atoms with van der Waals surface area (Å²) in [6.45, 7) is 2.71. The van der Waals surface area contributed by atoms with Crippen molar-refractivity contribution in [2.45, 2.75) is 51.3 Å². The molecule has 0 amide bonds. The van der Waals surface area contributed by atoms with Crippen LogP contribution in [0.25, 0.3) is 5.69 Å². The van der Waals surface area contributed by atoms with Crippen LogP contribution >= 0.6 is 15.9 Å². The van der Waals surface area contributed by atoms with Crippen LogP contribution in [0.15, 0.2) is 59.1 Å². The number of aliphatic hydroxyl groups excluding tert-OH is 1. The molecule has 0 aliphatic heterocycles. The molecule has 5 nitrogen and oxygen atoms in total. The number of nitrogens with zero attached hydrogens (tertiary/aromatic N) is 2. The molecule has 0 saturated heterocycles. The van der Waals surface area contributed by atoms with Crippen molar-refractivity contribution in [2.24, 2.45) is 0 Å². The molecule has 0 radical (unpaired) electrons. The number of hydrogen-bond acceptors (Lipinski definition) is 4. The predicted molar refractivity (Wildman–Crippen MR) is 118 cm³/mol. The third-order valence-corrected chi connectivity index (χ3v) is 5.96. The van der Waals surface area contributed by atoms with Crippen molar-refractivity contribution in [1.29, 1.82) is 0 Å². The van der Waals surface area contributed by atoms with Gasteiger partial charge in [0.1, 0.15) is 5.75 Å². The van der Waals surface area contributed by atoms with Crippen LogP contribution in [0.1, 0.15) is 36.9 Å². The van der Waals surface area contributed by atoms with E-state index in [1.807, 2.05) is 66.2 Å². The first-order chi connectivity index (χ1) is 14.1. The van der Waals surface area contributed by atoms with Gasteiger partial charge in [-0.15, -0.1) is 0 Å². The zero-order chi connectivity index (χ0) is 20.2. The van der Waals surface area contributed by atoms with Gasteiger partial charge in [-0.05, 0) is 69.0 Å². The number of aromatic nitrogens is 2. The quantitative estimate of drug-likeness (QED) is 0.540. The van der Waals surface area contributed by atoms with E-state index in [2.05, 4.69) is 21.2 Å². The molecule has 3 aromatic rings. The Morgan fingerprint density at radius 2 is 1.76 bits per heavy atom. The Kier molecular flexibility index (Phi) is 6.33. The van der Waals surface area contributed by atoms with Crippen LogP contribution in [0, 0.1) is 6.92 Å². The zero-order valence-corrected chi connectivity index (χ0v) is 18.1. The van der Waals surface area contributed by atoms with Crippen LogP contribution in [0.3, 0.4) is 0 Å². The van der Waals surface area contributed by atoms with Crippen LogP contribution < -0.4 is 10.1 Å². The van der Waals surface area contributed by atoms with Crippen molar-refractivity contribution in [3.8, 4) is 17.3 Å². The molecule has 0 atom stereocenters. The summed E-state index contributed by atoms with van der Waals surface area (Å²) >= 11 is 3.47. The fourth-order valence-electron chi connectivity index (χ4n) is 3.73. The first-order valence-corrected chi connectivity index (χ1v) is 10.9. The van der Waals surface area contributed by atoms with Crippen molar-refractivity contribution >= 4 is 15.9 Å². The first kappa shape index (κ1) is 20.1. The summed E-state index contributed by atoms with van der Waals surface area (Å²) in [7, 11) is 0. The van der Waals surface area contributed by atoms with Gasteiger partial charge in [0.15, 0.2) is 0 Å². The van der Waals surface area contributed by atoms with Crippen LogP contribution in [0.4, 0.5) is 0 Å². The summed E-state index contributed by atoms with van der Waals surface area (Å²) in [6, 6.07) is 18.3. The van der Waals surface area contributed by atoms with Gasteiger partial charge in [-0.1, -0.05) is 34.1 Å². The molecule has 2 aromatic carbocycles. The number of aliphatic hydroxyl groups is 1. The highest BCUT2D eigenvalue weighted by Crippen LogP contribution is 2.31. The van der Waals surface area contributed by atoms with Gasteiger partial charge in [0.25, 0.3) is 0 Å². The maximum atomic E-state index is 9.75. The molecular formula is C23H26BrN3O2. The fourth-order valence-corrected chi connectivity index (χ4v) is 4.00. The summed E-state index contributed by atoms with van der Waals surface area (Å²) in [5, 5.41) is 18.2. The van der Waals surface area contributed by atoms with E-state index in [-0.39, 0.29) is 6.10 Å². The normalized spacial score (nSPS) is 19.3. The van der Waals surface area contributed by atoms with E-state index in [1.54, 1.807) is 0 Å². The van der Waals surface area contributed by atoms with Crippen molar-refractivity contribution in [1.82, 2.24) is 15.1 Å². The molecule has 1 aliphatic carbocycles. The molecule has 6 heteroatoms. The van der Waals surface area contributed by atoms with Crippen molar-refractivity contribution < 1.29 is 9.84 Å². The summed E-state index contributed by atoms with van der Waals surface area (Å²) in [4.78, 5) is 0. The van der Waals surface area contributed by atoms with Crippen LogP contribution in [0.2, 0.25) is 0 Å². The molecule has 2 N–H and O–H groups in total. The molecule has 1 heterocycles. The van der Waals surface area contributed by atoms with Gasteiger partial charge in [-0.3, -0.25) is 0 Å².